The number of benzene rings is 2. The maximum Gasteiger partial charge on any atom is 0.408 e. The number of nitrogens with one attached hydrogen (secondary N) is 2. The van der Waals surface area contributed by atoms with Crippen LogP contribution in [-0.4, -0.2) is 33.0 Å². The molecule has 8 nitrogen and oxygen atoms in total. The van der Waals surface area contributed by atoms with Crippen LogP contribution in [0.5, 0.6) is 0 Å². The number of nitrogens with two attached hydrogens (primary N) is 1. The Hall–Kier alpha value is -2.91. The van der Waals surface area contributed by atoms with Gasteiger partial charge in [-0.1, -0.05) is 56.3 Å². The standard InChI is InChI=1S/C21H27N3O5S/c1-15(2)19(24-21(26)29-14-17-6-4-3-5-7-17)20(25)23-13-12-16-8-10-18(11-9-16)30(22,27)28/h3-11,15,19H,12-14H2,1-2H3,(H,23,25)(H,24,26)(H2,22,27,28)/t19-/m1/s1. The zero-order valence-corrected chi connectivity index (χ0v) is 17.8. The highest BCUT2D eigenvalue weighted by molar-refractivity contribution is 7.89. The van der Waals surface area contributed by atoms with E-state index in [4.69, 9.17) is 9.88 Å². The number of rotatable bonds is 9. The molecular weight excluding hydrogens is 406 g/mol. The third-order valence-corrected chi connectivity index (χ3v) is 5.33. The van der Waals surface area contributed by atoms with Crippen molar-refractivity contribution in [2.24, 2.45) is 11.1 Å². The largest absolute Gasteiger partial charge is 0.445 e. The van der Waals surface area contributed by atoms with E-state index in [1.807, 2.05) is 44.2 Å². The monoisotopic (exact) mass is 433 g/mol. The van der Waals surface area contributed by atoms with E-state index in [0.29, 0.717) is 13.0 Å². The first-order chi connectivity index (χ1) is 14.2. The van der Waals surface area contributed by atoms with Crippen molar-refractivity contribution in [3.63, 3.8) is 0 Å². The summed E-state index contributed by atoms with van der Waals surface area (Å²) in [5.74, 6) is -0.453. The van der Waals surface area contributed by atoms with Crippen LogP contribution in [0, 0.1) is 5.92 Å². The summed E-state index contributed by atoms with van der Waals surface area (Å²) in [5, 5.41) is 10.5. The minimum atomic E-state index is -3.73. The number of sulfonamides is 1. The topological polar surface area (TPSA) is 128 Å². The Balaban J connectivity index is 1.82. The summed E-state index contributed by atoms with van der Waals surface area (Å²) in [6, 6.07) is 14.7. The van der Waals surface area contributed by atoms with Gasteiger partial charge in [0.1, 0.15) is 12.6 Å². The molecule has 2 aromatic rings. The fraction of sp³-hybridized carbons (Fsp3) is 0.333. The zero-order valence-electron chi connectivity index (χ0n) is 17.0. The molecule has 0 saturated carbocycles. The summed E-state index contributed by atoms with van der Waals surface area (Å²) >= 11 is 0. The van der Waals surface area contributed by atoms with Crippen LogP contribution in [0.25, 0.3) is 0 Å². The molecule has 0 radical (unpaired) electrons. The SMILES string of the molecule is CC(C)[C@@H](NC(=O)OCc1ccccc1)C(=O)NCCc1ccc(S(N)(=O)=O)cc1. The van der Waals surface area contributed by atoms with Gasteiger partial charge >= 0.3 is 6.09 Å². The molecule has 4 N–H and O–H groups in total. The van der Waals surface area contributed by atoms with E-state index in [0.717, 1.165) is 11.1 Å². The predicted octanol–water partition coefficient (Wildman–Crippen LogP) is 1.94. The van der Waals surface area contributed by atoms with Crippen molar-refractivity contribution in [3.8, 4) is 0 Å². The summed E-state index contributed by atoms with van der Waals surface area (Å²) in [6.45, 7) is 4.10. The maximum absolute atomic E-state index is 12.5. The molecule has 162 valence electrons. The van der Waals surface area contributed by atoms with Gasteiger partial charge in [-0.2, -0.15) is 0 Å². The van der Waals surface area contributed by atoms with E-state index in [-0.39, 0.29) is 23.3 Å². The third-order valence-electron chi connectivity index (χ3n) is 4.40. The second kappa shape index (κ2) is 10.7. The van der Waals surface area contributed by atoms with Crippen LogP contribution in [0.3, 0.4) is 0 Å². The highest BCUT2D eigenvalue weighted by Crippen LogP contribution is 2.09. The van der Waals surface area contributed by atoms with Gasteiger partial charge in [-0.25, -0.2) is 18.4 Å². The van der Waals surface area contributed by atoms with Gasteiger partial charge in [0.25, 0.3) is 0 Å². The molecule has 2 rings (SSSR count). The van der Waals surface area contributed by atoms with Crippen molar-refractivity contribution in [1.82, 2.24) is 10.6 Å². The van der Waals surface area contributed by atoms with Gasteiger partial charge in [0.2, 0.25) is 15.9 Å². The van der Waals surface area contributed by atoms with Crippen molar-refractivity contribution >= 4 is 22.0 Å². The van der Waals surface area contributed by atoms with Crippen molar-refractivity contribution in [2.75, 3.05) is 6.54 Å². The Morgan fingerprint density at radius 2 is 1.63 bits per heavy atom. The molecule has 9 heteroatoms. The van der Waals surface area contributed by atoms with Gasteiger partial charge in [-0.15, -0.1) is 0 Å². The van der Waals surface area contributed by atoms with Crippen LogP contribution >= 0.6 is 0 Å². The molecule has 0 spiro atoms. The Bertz CT molecular complexity index is 944. The minimum Gasteiger partial charge on any atom is -0.445 e. The highest BCUT2D eigenvalue weighted by Gasteiger charge is 2.24. The second-order valence-corrected chi connectivity index (χ2v) is 8.72. The van der Waals surface area contributed by atoms with Crippen LogP contribution in [0.1, 0.15) is 25.0 Å². The number of carbonyl (C=O) groups is 2. The van der Waals surface area contributed by atoms with E-state index in [1.54, 1.807) is 12.1 Å². The zero-order chi connectivity index (χ0) is 22.1. The molecule has 0 saturated heterocycles. The number of hydrogen-bond acceptors (Lipinski definition) is 5. The Morgan fingerprint density at radius 3 is 2.20 bits per heavy atom. The molecule has 0 unspecified atom stereocenters. The van der Waals surface area contributed by atoms with Crippen LogP contribution < -0.4 is 15.8 Å². The van der Waals surface area contributed by atoms with E-state index in [2.05, 4.69) is 10.6 Å². The molecule has 2 amide bonds. The van der Waals surface area contributed by atoms with Gasteiger partial charge in [0.15, 0.2) is 0 Å². The van der Waals surface area contributed by atoms with Gasteiger partial charge in [-0.05, 0) is 35.6 Å². The molecule has 0 aliphatic heterocycles. The molecule has 0 aromatic heterocycles. The second-order valence-electron chi connectivity index (χ2n) is 7.16. The van der Waals surface area contributed by atoms with E-state index >= 15 is 0 Å². The van der Waals surface area contributed by atoms with E-state index in [1.165, 1.54) is 12.1 Å². The lowest BCUT2D eigenvalue weighted by atomic mass is 10.0. The molecule has 0 heterocycles. The molecule has 1 atom stereocenters. The molecule has 30 heavy (non-hydrogen) atoms. The summed E-state index contributed by atoms with van der Waals surface area (Å²) in [4.78, 5) is 24.6. The Morgan fingerprint density at radius 1 is 1.00 bits per heavy atom. The number of hydrogen-bond donors (Lipinski definition) is 3. The Kier molecular flexibility index (Phi) is 8.37. The van der Waals surface area contributed by atoms with E-state index in [9.17, 15) is 18.0 Å². The first kappa shape index (κ1) is 23.4. The molecule has 2 aromatic carbocycles. The lowest BCUT2D eigenvalue weighted by Gasteiger charge is -2.21. The lowest BCUT2D eigenvalue weighted by Crippen LogP contribution is -2.50. The minimum absolute atomic E-state index is 0.0355. The summed E-state index contributed by atoms with van der Waals surface area (Å²) in [7, 11) is -3.73. The van der Waals surface area contributed by atoms with Gasteiger partial charge < -0.3 is 15.4 Å². The molecule has 0 aliphatic rings. The fourth-order valence-electron chi connectivity index (χ4n) is 2.71. The van der Waals surface area contributed by atoms with Crippen molar-refractivity contribution in [2.45, 2.75) is 37.8 Å². The summed E-state index contributed by atoms with van der Waals surface area (Å²) in [5.41, 5.74) is 1.70. The molecule has 0 aliphatic carbocycles. The Labute approximate surface area is 176 Å². The quantitative estimate of drug-likeness (QED) is 0.557. The van der Waals surface area contributed by atoms with Crippen LogP contribution in [0.2, 0.25) is 0 Å². The number of carbonyl (C=O) groups excluding carboxylic acids is 2. The number of primary sulfonamides is 1. The van der Waals surface area contributed by atoms with Gasteiger partial charge in [-0.3, -0.25) is 4.79 Å². The molecule has 0 fully saturated rings. The van der Waals surface area contributed by atoms with Crippen molar-refractivity contribution in [3.05, 3.63) is 65.7 Å². The number of ether oxygens (including phenoxy) is 1. The maximum atomic E-state index is 12.5. The first-order valence-corrected chi connectivity index (χ1v) is 11.1. The summed E-state index contributed by atoms with van der Waals surface area (Å²) < 4.78 is 27.7. The smallest absolute Gasteiger partial charge is 0.408 e. The van der Waals surface area contributed by atoms with Gasteiger partial charge in [0, 0.05) is 6.54 Å². The fourth-order valence-corrected chi connectivity index (χ4v) is 3.23. The number of alkyl carbamates (subject to hydrolysis) is 1. The van der Waals surface area contributed by atoms with Gasteiger partial charge in [0.05, 0.1) is 4.90 Å². The lowest BCUT2D eigenvalue weighted by molar-refractivity contribution is -0.124. The number of amides is 2. The average molecular weight is 434 g/mol. The van der Waals surface area contributed by atoms with Crippen molar-refractivity contribution < 1.29 is 22.7 Å². The predicted molar refractivity (Wildman–Crippen MR) is 113 cm³/mol. The normalized spacial score (nSPS) is 12.3. The average Bonchev–Trinajstić information content (AvgIpc) is 2.70. The van der Waals surface area contributed by atoms with Crippen LogP contribution in [0.15, 0.2) is 59.5 Å². The highest BCUT2D eigenvalue weighted by atomic mass is 32.2. The third kappa shape index (κ3) is 7.49. The molecule has 0 bridgehead atoms. The van der Waals surface area contributed by atoms with Crippen LogP contribution in [0.4, 0.5) is 4.79 Å². The van der Waals surface area contributed by atoms with Crippen molar-refractivity contribution in [1.29, 1.82) is 0 Å². The molecular formula is C21H27N3O5S. The van der Waals surface area contributed by atoms with Crippen LogP contribution in [-0.2, 0) is 32.6 Å². The van der Waals surface area contributed by atoms with E-state index < -0.39 is 22.2 Å². The summed E-state index contributed by atoms with van der Waals surface area (Å²) in [6.07, 6.45) is -0.161. The first-order valence-electron chi connectivity index (χ1n) is 9.53.